The van der Waals surface area contributed by atoms with Gasteiger partial charge in [-0.15, -0.1) is 5.10 Å². The molecule has 2 aliphatic rings. The van der Waals surface area contributed by atoms with Crippen molar-refractivity contribution in [2.75, 3.05) is 31.1 Å². The van der Waals surface area contributed by atoms with E-state index >= 15 is 0 Å². The second kappa shape index (κ2) is 8.57. The average molecular weight is 414 g/mol. The predicted octanol–water partition coefficient (Wildman–Crippen LogP) is 2.13. The van der Waals surface area contributed by atoms with Gasteiger partial charge in [0.2, 0.25) is 5.91 Å². The number of hydrogen-bond donors (Lipinski definition) is 0. The summed E-state index contributed by atoms with van der Waals surface area (Å²) in [6.07, 6.45) is 2.23. The molecule has 1 aromatic heterocycles. The van der Waals surface area contributed by atoms with Gasteiger partial charge in [-0.25, -0.2) is 0 Å². The summed E-state index contributed by atoms with van der Waals surface area (Å²) >= 11 is 1.87. The Morgan fingerprint density at radius 3 is 2.76 bits per heavy atom. The van der Waals surface area contributed by atoms with E-state index in [1.54, 1.807) is 10.9 Å². The van der Waals surface area contributed by atoms with Crippen molar-refractivity contribution < 1.29 is 9.59 Å². The largest absolute Gasteiger partial charge is 0.338 e. The predicted molar refractivity (Wildman–Crippen MR) is 113 cm³/mol. The molecule has 2 fully saturated rings. The smallest absolute Gasteiger partial charge is 0.276 e. The number of likely N-dealkylation sites (tertiary alicyclic amines) is 1. The van der Waals surface area contributed by atoms with Crippen molar-refractivity contribution in [3.8, 4) is 0 Å². The molecular formula is C21H27N5O2S. The molecule has 29 heavy (non-hydrogen) atoms. The van der Waals surface area contributed by atoms with Crippen LogP contribution in [0.2, 0.25) is 0 Å². The van der Waals surface area contributed by atoms with Gasteiger partial charge in [0.15, 0.2) is 5.69 Å². The molecule has 2 aromatic rings. The first kappa shape index (κ1) is 19.9. The third kappa shape index (κ3) is 4.63. The molecule has 1 aromatic carbocycles. The Bertz CT molecular complexity index is 906. The number of aromatic nitrogens is 3. The van der Waals surface area contributed by atoms with Crippen molar-refractivity contribution in [2.24, 2.45) is 5.92 Å². The second-order valence-electron chi connectivity index (χ2n) is 7.99. The summed E-state index contributed by atoms with van der Waals surface area (Å²) in [5, 5.41) is 8.21. The summed E-state index contributed by atoms with van der Waals surface area (Å²) in [6, 6.07) is 6.36. The van der Waals surface area contributed by atoms with Gasteiger partial charge >= 0.3 is 0 Å². The summed E-state index contributed by atoms with van der Waals surface area (Å²) < 4.78 is 1.71. The van der Waals surface area contributed by atoms with Gasteiger partial charge in [-0.05, 0) is 30.5 Å². The van der Waals surface area contributed by atoms with Gasteiger partial charge < -0.3 is 9.80 Å². The normalized spacial score (nSPS) is 19.8. The number of rotatable bonds is 5. The fourth-order valence-corrected chi connectivity index (χ4v) is 4.83. The Morgan fingerprint density at radius 1 is 1.21 bits per heavy atom. The molecule has 8 heteroatoms. The third-order valence-electron chi connectivity index (χ3n) is 5.74. The van der Waals surface area contributed by atoms with Gasteiger partial charge in [0, 0.05) is 56.6 Å². The van der Waals surface area contributed by atoms with Gasteiger partial charge in [-0.1, -0.05) is 23.4 Å². The molecule has 2 aliphatic heterocycles. The van der Waals surface area contributed by atoms with E-state index < -0.39 is 0 Å². The lowest BCUT2D eigenvalue weighted by Crippen LogP contribution is -2.38. The molecule has 7 nitrogen and oxygen atoms in total. The summed E-state index contributed by atoms with van der Waals surface area (Å²) in [4.78, 5) is 28.8. The van der Waals surface area contributed by atoms with Crippen LogP contribution in [0.15, 0.2) is 24.4 Å². The highest BCUT2D eigenvalue weighted by molar-refractivity contribution is 7.99. The molecule has 1 unspecified atom stereocenters. The summed E-state index contributed by atoms with van der Waals surface area (Å²) in [6.45, 7) is 7.67. The fraction of sp³-hybridized carbons (Fsp3) is 0.524. The van der Waals surface area contributed by atoms with E-state index in [4.69, 9.17) is 0 Å². The molecule has 2 saturated heterocycles. The highest BCUT2D eigenvalue weighted by atomic mass is 32.2. The number of nitrogens with zero attached hydrogens (tertiary/aromatic N) is 5. The van der Waals surface area contributed by atoms with Crippen LogP contribution in [-0.2, 0) is 17.9 Å². The minimum atomic E-state index is -0.0459. The summed E-state index contributed by atoms with van der Waals surface area (Å²) in [7, 11) is 0. The molecule has 2 amide bonds. The number of amides is 2. The van der Waals surface area contributed by atoms with Crippen LogP contribution in [-0.4, -0.2) is 67.7 Å². The number of carbonyl (C=O) groups excluding carboxylic acids is 2. The number of thioether (sulfide) groups is 1. The summed E-state index contributed by atoms with van der Waals surface area (Å²) in [5.41, 5.74) is 4.07. The number of aryl methyl sites for hydroxylation is 2. The van der Waals surface area contributed by atoms with E-state index in [9.17, 15) is 9.59 Å². The zero-order valence-corrected chi connectivity index (χ0v) is 17.8. The average Bonchev–Trinajstić information content (AvgIpc) is 3.32. The topological polar surface area (TPSA) is 71.3 Å². The van der Waals surface area contributed by atoms with Crippen LogP contribution in [0.25, 0.3) is 0 Å². The molecule has 0 saturated carbocycles. The third-order valence-corrected chi connectivity index (χ3v) is 6.68. The lowest BCUT2D eigenvalue weighted by Gasteiger charge is -2.25. The van der Waals surface area contributed by atoms with Crippen LogP contribution in [0.1, 0.15) is 33.6 Å². The van der Waals surface area contributed by atoms with Gasteiger partial charge in [0.25, 0.3) is 5.91 Å². The SMILES string of the molecule is Cc1ccc(CN2CC(Cn3cc(C(=O)N4CCSCC4)nn3)CC2=O)cc1C. The molecule has 0 radical (unpaired) electrons. The maximum atomic E-state index is 12.5. The first-order valence-corrected chi connectivity index (χ1v) is 11.3. The zero-order valence-electron chi connectivity index (χ0n) is 17.0. The lowest BCUT2D eigenvalue weighted by molar-refractivity contribution is -0.128. The Balaban J connectivity index is 1.34. The van der Waals surface area contributed by atoms with Crippen molar-refractivity contribution in [3.05, 3.63) is 46.8 Å². The van der Waals surface area contributed by atoms with Crippen LogP contribution in [0.5, 0.6) is 0 Å². The standard InChI is InChI=1S/C21H27N5O2S/c1-15-3-4-17(9-16(15)2)11-25-12-18(10-20(25)27)13-26-14-19(22-23-26)21(28)24-5-7-29-8-6-24/h3-4,9,14,18H,5-8,10-13H2,1-2H3. The van der Waals surface area contributed by atoms with E-state index in [1.165, 1.54) is 11.1 Å². The monoisotopic (exact) mass is 413 g/mol. The fourth-order valence-electron chi connectivity index (χ4n) is 3.93. The van der Waals surface area contributed by atoms with Crippen molar-refractivity contribution in [3.63, 3.8) is 0 Å². The van der Waals surface area contributed by atoms with Crippen LogP contribution in [0.4, 0.5) is 0 Å². The van der Waals surface area contributed by atoms with Crippen molar-refractivity contribution in [1.29, 1.82) is 0 Å². The Hall–Kier alpha value is -2.35. The molecule has 3 heterocycles. The first-order chi connectivity index (χ1) is 14.0. The first-order valence-electron chi connectivity index (χ1n) is 10.1. The van der Waals surface area contributed by atoms with E-state index in [2.05, 4.69) is 42.4 Å². The molecule has 0 bridgehead atoms. The number of hydrogen-bond acceptors (Lipinski definition) is 5. The van der Waals surface area contributed by atoms with E-state index in [0.717, 1.165) is 30.2 Å². The van der Waals surface area contributed by atoms with E-state index in [1.807, 2.05) is 21.6 Å². The molecule has 154 valence electrons. The van der Waals surface area contributed by atoms with Gasteiger partial charge in [0.05, 0.1) is 6.20 Å². The quantitative estimate of drug-likeness (QED) is 0.751. The highest BCUT2D eigenvalue weighted by Gasteiger charge is 2.30. The van der Waals surface area contributed by atoms with Gasteiger partial charge in [-0.3, -0.25) is 14.3 Å². The maximum Gasteiger partial charge on any atom is 0.276 e. The minimum Gasteiger partial charge on any atom is -0.338 e. The molecular weight excluding hydrogens is 386 g/mol. The van der Waals surface area contributed by atoms with Gasteiger partial charge in [0.1, 0.15) is 0 Å². The molecule has 1 atom stereocenters. The van der Waals surface area contributed by atoms with Crippen LogP contribution in [0, 0.1) is 19.8 Å². The Kier molecular flexibility index (Phi) is 5.89. The number of carbonyl (C=O) groups is 2. The Labute approximate surface area is 175 Å². The molecule has 4 rings (SSSR count). The van der Waals surface area contributed by atoms with Crippen LogP contribution in [0.3, 0.4) is 0 Å². The van der Waals surface area contributed by atoms with Crippen LogP contribution < -0.4 is 0 Å². The minimum absolute atomic E-state index is 0.0459. The van der Waals surface area contributed by atoms with Crippen LogP contribution >= 0.6 is 11.8 Å². The van der Waals surface area contributed by atoms with Crippen molar-refractivity contribution >= 4 is 23.6 Å². The molecule has 0 N–H and O–H groups in total. The van der Waals surface area contributed by atoms with Gasteiger partial charge in [-0.2, -0.15) is 11.8 Å². The van der Waals surface area contributed by atoms with E-state index in [-0.39, 0.29) is 17.7 Å². The summed E-state index contributed by atoms with van der Waals surface area (Å²) in [5.74, 6) is 2.26. The lowest BCUT2D eigenvalue weighted by atomic mass is 10.1. The van der Waals surface area contributed by atoms with Crippen molar-refractivity contribution in [1.82, 2.24) is 24.8 Å². The van der Waals surface area contributed by atoms with Crippen molar-refractivity contribution in [2.45, 2.75) is 33.4 Å². The highest BCUT2D eigenvalue weighted by Crippen LogP contribution is 2.22. The molecule has 0 spiro atoms. The Morgan fingerprint density at radius 2 is 2.00 bits per heavy atom. The van der Waals surface area contributed by atoms with E-state index in [0.29, 0.717) is 31.7 Å². The second-order valence-corrected chi connectivity index (χ2v) is 9.22. The number of benzene rings is 1. The zero-order chi connectivity index (χ0) is 20.4. The molecule has 0 aliphatic carbocycles. The maximum absolute atomic E-state index is 12.5.